The molecular formula is C11H19N3O3S2. The average Bonchev–Trinajstić information content (AvgIpc) is 2.69. The molecule has 0 radical (unpaired) electrons. The zero-order valence-electron chi connectivity index (χ0n) is 10.7. The molecule has 0 aliphatic carbocycles. The Morgan fingerprint density at radius 3 is 2.37 bits per heavy atom. The summed E-state index contributed by atoms with van der Waals surface area (Å²) in [5.74, 6) is -0.202. The molecule has 1 amide bonds. The fourth-order valence-electron chi connectivity index (χ4n) is 2.59. The molecule has 0 bridgehead atoms. The molecule has 0 spiro atoms. The zero-order chi connectivity index (χ0) is 14.0. The van der Waals surface area contributed by atoms with E-state index in [-0.39, 0.29) is 23.3 Å². The number of carbonyl (C=O) groups excluding carboxylic acids is 1. The van der Waals surface area contributed by atoms with Crippen molar-refractivity contribution in [3.8, 4) is 0 Å². The Morgan fingerprint density at radius 1 is 1.26 bits per heavy atom. The minimum Gasteiger partial charge on any atom is -0.392 e. The molecule has 0 aromatic rings. The van der Waals surface area contributed by atoms with Gasteiger partial charge < -0.3 is 10.6 Å². The molecule has 19 heavy (non-hydrogen) atoms. The highest BCUT2D eigenvalue weighted by atomic mass is 32.2. The van der Waals surface area contributed by atoms with Crippen molar-refractivity contribution in [1.29, 1.82) is 0 Å². The summed E-state index contributed by atoms with van der Waals surface area (Å²) in [5.41, 5.74) is 5.49. The molecule has 2 aliphatic rings. The summed E-state index contributed by atoms with van der Waals surface area (Å²) in [5, 5.41) is 0. The molecule has 2 saturated heterocycles. The first-order chi connectivity index (χ1) is 8.87. The van der Waals surface area contributed by atoms with Crippen molar-refractivity contribution in [2.45, 2.75) is 6.42 Å². The van der Waals surface area contributed by atoms with E-state index in [4.69, 9.17) is 18.0 Å². The van der Waals surface area contributed by atoms with Crippen molar-refractivity contribution in [1.82, 2.24) is 9.80 Å². The largest absolute Gasteiger partial charge is 0.392 e. The molecule has 2 fully saturated rings. The van der Waals surface area contributed by atoms with Gasteiger partial charge in [0.15, 0.2) is 9.84 Å². The highest BCUT2D eigenvalue weighted by Gasteiger charge is 2.36. The Hall–Kier alpha value is -0.730. The Bertz CT molecular complexity index is 470. The highest BCUT2D eigenvalue weighted by Crippen LogP contribution is 2.21. The Morgan fingerprint density at radius 2 is 1.89 bits per heavy atom. The van der Waals surface area contributed by atoms with Gasteiger partial charge in [-0.25, -0.2) is 8.42 Å². The number of thiocarbonyl (C=S) groups is 1. The molecule has 2 rings (SSSR count). The SMILES string of the molecule is NC(=S)CN1CCN(C(=O)C2CCS(=O)(=O)C2)CC1. The van der Waals surface area contributed by atoms with Crippen LogP contribution in [0.2, 0.25) is 0 Å². The lowest BCUT2D eigenvalue weighted by atomic mass is 10.1. The number of nitrogens with zero attached hydrogens (tertiary/aromatic N) is 2. The molecular weight excluding hydrogens is 286 g/mol. The van der Waals surface area contributed by atoms with E-state index >= 15 is 0 Å². The van der Waals surface area contributed by atoms with Crippen LogP contribution in [-0.2, 0) is 14.6 Å². The molecule has 1 unspecified atom stereocenters. The van der Waals surface area contributed by atoms with Crippen molar-refractivity contribution in [3.05, 3.63) is 0 Å². The van der Waals surface area contributed by atoms with Gasteiger partial charge in [0.1, 0.15) is 0 Å². The first-order valence-electron chi connectivity index (χ1n) is 6.37. The van der Waals surface area contributed by atoms with Gasteiger partial charge in [-0.15, -0.1) is 0 Å². The van der Waals surface area contributed by atoms with Crippen LogP contribution < -0.4 is 5.73 Å². The fraction of sp³-hybridized carbons (Fsp3) is 0.818. The van der Waals surface area contributed by atoms with E-state index in [0.717, 1.165) is 13.1 Å². The molecule has 1 atom stereocenters. The first kappa shape index (κ1) is 14.7. The van der Waals surface area contributed by atoms with Gasteiger partial charge in [0.2, 0.25) is 5.91 Å². The van der Waals surface area contributed by atoms with Gasteiger partial charge >= 0.3 is 0 Å². The lowest BCUT2D eigenvalue weighted by molar-refractivity contribution is -0.136. The maximum absolute atomic E-state index is 12.2. The third-order valence-electron chi connectivity index (χ3n) is 3.65. The summed E-state index contributed by atoms with van der Waals surface area (Å²) in [4.78, 5) is 16.5. The summed E-state index contributed by atoms with van der Waals surface area (Å²) >= 11 is 4.86. The lowest BCUT2D eigenvalue weighted by Gasteiger charge is -2.35. The molecule has 0 aromatic carbocycles. The van der Waals surface area contributed by atoms with Gasteiger partial charge in [-0.3, -0.25) is 9.69 Å². The topological polar surface area (TPSA) is 83.7 Å². The molecule has 0 saturated carbocycles. The normalized spacial score (nSPS) is 27.4. The van der Waals surface area contributed by atoms with Crippen LogP contribution in [0, 0.1) is 5.92 Å². The second kappa shape index (κ2) is 5.72. The van der Waals surface area contributed by atoms with Gasteiger partial charge in [0.25, 0.3) is 0 Å². The molecule has 0 aromatic heterocycles. The maximum atomic E-state index is 12.2. The van der Waals surface area contributed by atoms with E-state index < -0.39 is 9.84 Å². The molecule has 2 heterocycles. The van der Waals surface area contributed by atoms with Crippen LogP contribution in [0.25, 0.3) is 0 Å². The molecule has 2 aliphatic heterocycles. The summed E-state index contributed by atoms with van der Waals surface area (Å²) in [7, 11) is -3.00. The second-order valence-electron chi connectivity index (χ2n) is 5.17. The summed E-state index contributed by atoms with van der Waals surface area (Å²) in [6.07, 6.45) is 0.467. The maximum Gasteiger partial charge on any atom is 0.226 e. The van der Waals surface area contributed by atoms with Crippen LogP contribution in [0.5, 0.6) is 0 Å². The lowest BCUT2D eigenvalue weighted by Crippen LogP contribution is -2.51. The van der Waals surface area contributed by atoms with Crippen molar-refractivity contribution in [2.24, 2.45) is 11.7 Å². The molecule has 108 valence electrons. The summed E-state index contributed by atoms with van der Waals surface area (Å²) < 4.78 is 22.8. The number of hydrogen-bond acceptors (Lipinski definition) is 5. The van der Waals surface area contributed by atoms with Crippen LogP contribution in [0.4, 0.5) is 0 Å². The smallest absolute Gasteiger partial charge is 0.226 e. The van der Waals surface area contributed by atoms with Crippen LogP contribution in [0.15, 0.2) is 0 Å². The summed E-state index contributed by atoms with van der Waals surface area (Å²) in [6, 6.07) is 0. The Labute approximate surface area is 118 Å². The quantitative estimate of drug-likeness (QED) is 0.663. The van der Waals surface area contributed by atoms with Crippen LogP contribution in [-0.4, -0.2) is 73.3 Å². The minimum atomic E-state index is -3.00. The zero-order valence-corrected chi connectivity index (χ0v) is 12.4. The van der Waals surface area contributed by atoms with Crippen molar-refractivity contribution in [2.75, 3.05) is 44.2 Å². The number of amides is 1. The van der Waals surface area contributed by atoms with Crippen LogP contribution in [0.3, 0.4) is 0 Å². The third kappa shape index (κ3) is 3.87. The monoisotopic (exact) mass is 305 g/mol. The Kier molecular flexibility index (Phi) is 4.42. The molecule has 8 heteroatoms. The second-order valence-corrected chi connectivity index (χ2v) is 7.92. The predicted molar refractivity (Wildman–Crippen MR) is 76.6 cm³/mol. The molecule has 2 N–H and O–H groups in total. The highest BCUT2D eigenvalue weighted by molar-refractivity contribution is 7.91. The standard InChI is InChI=1S/C11H19N3O3S2/c12-10(18)7-13-2-4-14(5-3-13)11(15)9-1-6-19(16,17)8-9/h9H,1-8H2,(H2,12,18). The fourth-order valence-corrected chi connectivity index (χ4v) is 4.51. The minimum absolute atomic E-state index is 0.0128. The summed E-state index contributed by atoms with van der Waals surface area (Å²) in [6.45, 7) is 3.30. The van der Waals surface area contributed by atoms with Crippen LogP contribution >= 0.6 is 12.2 Å². The Balaban J connectivity index is 1.85. The average molecular weight is 305 g/mol. The molecule has 6 nitrogen and oxygen atoms in total. The number of rotatable bonds is 3. The van der Waals surface area contributed by atoms with E-state index in [1.54, 1.807) is 4.90 Å². The number of carbonyl (C=O) groups is 1. The van der Waals surface area contributed by atoms with Gasteiger partial charge in [-0.05, 0) is 6.42 Å². The predicted octanol–water partition coefficient (Wildman–Crippen LogP) is -1.15. The van der Waals surface area contributed by atoms with Crippen molar-refractivity contribution >= 4 is 33.0 Å². The van der Waals surface area contributed by atoms with E-state index in [1.165, 1.54) is 0 Å². The number of hydrogen-bond donors (Lipinski definition) is 1. The van der Waals surface area contributed by atoms with Gasteiger partial charge in [0.05, 0.1) is 22.4 Å². The number of sulfone groups is 1. The van der Waals surface area contributed by atoms with Gasteiger partial charge in [0, 0.05) is 32.7 Å². The van der Waals surface area contributed by atoms with Crippen LogP contribution in [0.1, 0.15) is 6.42 Å². The van der Waals surface area contributed by atoms with E-state index in [1.807, 2.05) is 0 Å². The van der Waals surface area contributed by atoms with E-state index in [2.05, 4.69) is 4.90 Å². The first-order valence-corrected chi connectivity index (χ1v) is 8.60. The number of piperazine rings is 1. The van der Waals surface area contributed by atoms with E-state index in [9.17, 15) is 13.2 Å². The number of nitrogens with two attached hydrogens (primary N) is 1. The van der Waals surface area contributed by atoms with Crippen molar-refractivity contribution in [3.63, 3.8) is 0 Å². The van der Waals surface area contributed by atoms with E-state index in [0.29, 0.717) is 31.0 Å². The van der Waals surface area contributed by atoms with Gasteiger partial charge in [-0.1, -0.05) is 12.2 Å². The van der Waals surface area contributed by atoms with Gasteiger partial charge in [-0.2, -0.15) is 0 Å². The third-order valence-corrected chi connectivity index (χ3v) is 5.54. The van der Waals surface area contributed by atoms with Crippen molar-refractivity contribution < 1.29 is 13.2 Å².